The standard InChI is InChI=1S/C40H67N9O11/c1-22(2)19-28(37(56)48-32(23(3)4)38(57)47-30(40(59)60)21-31(51)52)45-36(55)29(20-25-13-7-6-8-14-25)46-35(54)27(16-10-12-18-42)44-39(58)33(24(5)50)49-34(53)26(43)15-9-11-17-41/h6-8,13-14,22-24,26-30,32-33,50H,9-12,15-21,41-43H2,1-5H3,(H,44,58)(H,45,55)(H,46,54)(H,47,57)(H,48,56)(H,49,53)(H,51,52)(H,59,60)/t24-,26+,27+,28+,29+,30+,32+,33+/m1/s1. The Labute approximate surface area is 351 Å². The van der Waals surface area contributed by atoms with Gasteiger partial charge in [-0.15, -0.1) is 0 Å². The van der Waals surface area contributed by atoms with E-state index in [9.17, 15) is 48.6 Å². The van der Waals surface area contributed by atoms with Gasteiger partial charge in [0.15, 0.2) is 0 Å². The number of hydrogen-bond donors (Lipinski definition) is 12. The van der Waals surface area contributed by atoms with Crippen LogP contribution < -0.4 is 49.1 Å². The van der Waals surface area contributed by atoms with Crippen LogP contribution in [0.5, 0.6) is 0 Å². The van der Waals surface area contributed by atoms with Gasteiger partial charge in [-0.1, -0.05) is 64.4 Å². The second-order valence-corrected chi connectivity index (χ2v) is 15.6. The highest BCUT2D eigenvalue weighted by Crippen LogP contribution is 2.12. The number of benzene rings is 1. The summed E-state index contributed by atoms with van der Waals surface area (Å²) in [6.45, 7) is 8.74. The fourth-order valence-corrected chi connectivity index (χ4v) is 6.06. The van der Waals surface area contributed by atoms with Crippen LogP contribution >= 0.6 is 0 Å². The molecule has 1 rings (SSSR count). The Hall–Kier alpha value is -5.18. The molecule has 0 spiro atoms. The Morgan fingerprint density at radius 1 is 0.583 bits per heavy atom. The van der Waals surface area contributed by atoms with E-state index in [1.54, 1.807) is 58.0 Å². The zero-order valence-corrected chi connectivity index (χ0v) is 35.3. The number of unbranched alkanes of at least 4 members (excludes halogenated alkanes) is 2. The van der Waals surface area contributed by atoms with Crippen molar-refractivity contribution in [1.82, 2.24) is 31.9 Å². The van der Waals surface area contributed by atoms with Gasteiger partial charge in [0.25, 0.3) is 0 Å². The zero-order valence-electron chi connectivity index (χ0n) is 35.3. The highest BCUT2D eigenvalue weighted by Gasteiger charge is 2.35. The normalized spacial score (nSPS) is 15.2. The smallest absolute Gasteiger partial charge is 0.326 e. The van der Waals surface area contributed by atoms with Crippen LogP contribution in [0.1, 0.15) is 91.5 Å². The van der Waals surface area contributed by atoms with Crippen molar-refractivity contribution in [3.8, 4) is 0 Å². The highest BCUT2D eigenvalue weighted by molar-refractivity contribution is 5.97. The minimum absolute atomic E-state index is 0.0521. The van der Waals surface area contributed by atoms with E-state index in [0.29, 0.717) is 44.2 Å². The van der Waals surface area contributed by atoms with E-state index >= 15 is 0 Å². The van der Waals surface area contributed by atoms with Crippen LogP contribution in [0.4, 0.5) is 0 Å². The second-order valence-electron chi connectivity index (χ2n) is 15.6. The number of rotatable bonds is 29. The Kier molecular flexibility index (Phi) is 24.3. The molecule has 15 N–H and O–H groups in total. The van der Waals surface area contributed by atoms with Crippen molar-refractivity contribution in [3.05, 3.63) is 35.9 Å². The van der Waals surface area contributed by atoms with Crippen molar-refractivity contribution in [3.63, 3.8) is 0 Å². The summed E-state index contributed by atoms with van der Waals surface area (Å²) in [6, 6.07) is -0.707. The maximum Gasteiger partial charge on any atom is 0.326 e. The number of nitrogens with one attached hydrogen (secondary N) is 6. The predicted octanol–water partition coefficient (Wildman–Crippen LogP) is -1.63. The zero-order chi connectivity index (χ0) is 45.5. The number of carboxylic acid groups (broad SMARTS) is 2. The average molecular weight is 850 g/mol. The van der Waals surface area contributed by atoms with E-state index in [1.807, 2.05) is 0 Å². The molecule has 20 nitrogen and oxygen atoms in total. The van der Waals surface area contributed by atoms with Gasteiger partial charge in [0.1, 0.15) is 36.3 Å². The maximum absolute atomic E-state index is 14.1. The van der Waals surface area contributed by atoms with Crippen LogP contribution in [0, 0.1) is 11.8 Å². The van der Waals surface area contributed by atoms with Gasteiger partial charge in [-0.3, -0.25) is 33.6 Å². The van der Waals surface area contributed by atoms with Crippen LogP contribution in [-0.4, -0.2) is 124 Å². The van der Waals surface area contributed by atoms with Crippen LogP contribution in [0.25, 0.3) is 0 Å². The third kappa shape index (κ3) is 19.7. The summed E-state index contributed by atoms with van der Waals surface area (Å²) in [4.78, 5) is 104. The Bertz CT molecular complexity index is 1560. The Morgan fingerprint density at radius 3 is 1.58 bits per heavy atom. The predicted molar refractivity (Wildman–Crippen MR) is 221 cm³/mol. The highest BCUT2D eigenvalue weighted by atomic mass is 16.4. The SMILES string of the molecule is CC(C)C[C@H](NC(=O)[C@H](Cc1ccccc1)NC(=O)[C@H](CCCCN)NC(=O)[C@@H](NC(=O)[C@@H](N)CCCCN)[C@@H](C)O)C(=O)N[C@H](C(=O)N[C@@H](CC(=O)O)C(=O)O)C(C)C. The third-order valence-electron chi connectivity index (χ3n) is 9.44. The summed E-state index contributed by atoms with van der Waals surface area (Å²) in [5, 5.41) is 44.2. The van der Waals surface area contributed by atoms with Crippen molar-refractivity contribution in [2.75, 3.05) is 13.1 Å². The Balaban J connectivity index is 3.42. The van der Waals surface area contributed by atoms with Crippen LogP contribution in [0.3, 0.4) is 0 Å². The van der Waals surface area contributed by atoms with Gasteiger partial charge in [0.05, 0.1) is 18.6 Å². The summed E-state index contributed by atoms with van der Waals surface area (Å²) in [5.41, 5.74) is 17.8. The second kappa shape index (κ2) is 27.6. The number of carbonyl (C=O) groups excluding carboxylic acids is 6. The molecule has 0 aliphatic carbocycles. The molecule has 0 aliphatic heterocycles. The molecule has 0 bridgehead atoms. The summed E-state index contributed by atoms with van der Waals surface area (Å²) in [7, 11) is 0. The molecule has 6 amide bonds. The number of hydrogen-bond acceptors (Lipinski definition) is 12. The minimum Gasteiger partial charge on any atom is -0.481 e. The molecule has 0 saturated carbocycles. The number of aliphatic hydroxyl groups is 1. The summed E-state index contributed by atoms with van der Waals surface area (Å²) >= 11 is 0. The minimum atomic E-state index is -1.77. The van der Waals surface area contributed by atoms with Crippen molar-refractivity contribution < 1.29 is 53.7 Å². The van der Waals surface area contributed by atoms with Gasteiger partial charge in [0.2, 0.25) is 35.4 Å². The molecule has 0 radical (unpaired) electrons. The van der Waals surface area contributed by atoms with Crippen LogP contribution in [-0.2, 0) is 44.8 Å². The van der Waals surface area contributed by atoms with E-state index in [0.717, 1.165) is 0 Å². The van der Waals surface area contributed by atoms with Crippen molar-refractivity contribution >= 4 is 47.4 Å². The van der Waals surface area contributed by atoms with Gasteiger partial charge in [-0.2, -0.15) is 0 Å². The number of amides is 6. The van der Waals surface area contributed by atoms with Gasteiger partial charge in [0, 0.05) is 6.42 Å². The molecule has 0 saturated heterocycles. The molecule has 0 heterocycles. The molecule has 0 unspecified atom stereocenters. The molecule has 60 heavy (non-hydrogen) atoms. The third-order valence-corrected chi connectivity index (χ3v) is 9.44. The van der Waals surface area contributed by atoms with E-state index < -0.39 is 108 Å². The first kappa shape index (κ1) is 52.8. The van der Waals surface area contributed by atoms with Gasteiger partial charge in [-0.05, 0) is 75.9 Å². The van der Waals surface area contributed by atoms with E-state index in [2.05, 4.69) is 31.9 Å². The first-order chi connectivity index (χ1) is 28.2. The number of nitrogens with two attached hydrogens (primary N) is 3. The number of aliphatic hydroxyl groups excluding tert-OH is 1. The quantitative estimate of drug-likeness (QED) is 0.0403. The summed E-state index contributed by atoms with van der Waals surface area (Å²) < 4.78 is 0. The first-order valence-electron chi connectivity index (χ1n) is 20.4. The monoisotopic (exact) mass is 849 g/mol. The van der Waals surface area contributed by atoms with Gasteiger partial charge in [-0.25, -0.2) is 4.79 Å². The lowest BCUT2D eigenvalue weighted by atomic mass is 9.98. The first-order valence-corrected chi connectivity index (χ1v) is 20.4. The summed E-state index contributed by atoms with van der Waals surface area (Å²) in [6.07, 6.45) is 0.177. The Morgan fingerprint density at radius 2 is 1.07 bits per heavy atom. The molecule has 0 fully saturated rings. The lowest BCUT2D eigenvalue weighted by Gasteiger charge is -2.29. The number of aliphatic carboxylic acids is 2. The van der Waals surface area contributed by atoms with Crippen molar-refractivity contribution in [1.29, 1.82) is 0 Å². The van der Waals surface area contributed by atoms with Crippen molar-refractivity contribution in [2.24, 2.45) is 29.0 Å². The average Bonchev–Trinajstić information content (AvgIpc) is 3.17. The van der Waals surface area contributed by atoms with E-state index in [4.69, 9.17) is 22.3 Å². The molecule has 0 aromatic heterocycles. The molecule has 1 aromatic rings. The maximum atomic E-state index is 14.1. The van der Waals surface area contributed by atoms with Crippen LogP contribution in [0.2, 0.25) is 0 Å². The fraction of sp³-hybridized carbons (Fsp3) is 0.650. The lowest BCUT2D eigenvalue weighted by molar-refractivity contribution is -0.147. The molecular weight excluding hydrogens is 782 g/mol. The molecule has 0 aliphatic rings. The lowest BCUT2D eigenvalue weighted by Crippen LogP contribution is -2.61. The van der Waals surface area contributed by atoms with Gasteiger partial charge < -0.3 is 64.4 Å². The molecule has 338 valence electrons. The molecule has 1 aromatic carbocycles. The van der Waals surface area contributed by atoms with Gasteiger partial charge >= 0.3 is 11.9 Å². The van der Waals surface area contributed by atoms with Crippen molar-refractivity contribution in [2.45, 2.75) is 141 Å². The largest absolute Gasteiger partial charge is 0.481 e. The molecular formula is C40H67N9O11. The van der Waals surface area contributed by atoms with E-state index in [-0.39, 0.29) is 31.7 Å². The molecule has 20 heteroatoms. The number of carboxylic acids is 2. The fourth-order valence-electron chi connectivity index (χ4n) is 6.06. The van der Waals surface area contributed by atoms with E-state index in [1.165, 1.54) is 6.92 Å². The molecule has 8 atom stereocenters. The number of carbonyl (C=O) groups is 8. The topological polar surface area (TPSA) is 347 Å². The summed E-state index contributed by atoms with van der Waals surface area (Å²) in [5.74, 6) is -8.67. The van der Waals surface area contributed by atoms with Crippen LogP contribution in [0.15, 0.2) is 30.3 Å².